The maximum Gasteiger partial charge on any atom is 0.305 e. The van der Waals surface area contributed by atoms with Crippen molar-refractivity contribution in [2.45, 2.75) is 64.3 Å². The molecule has 1 unspecified atom stereocenters. The van der Waals surface area contributed by atoms with Gasteiger partial charge in [0.2, 0.25) is 0 Å². The predicted molar refractivity (Wildman–Crippen MR) is 69.6 cm³/mol. The molecular weight excluding hydrogens is 248 g/mol. The molecule has 0 N–H and O–H groups in total. The maximum absolute atomic E-state index is 11.3. The Morgan fingerprint density at radius 2 is 2.26 bits per heavy atom. The van der Waals surface area contributed by atoms with E-state index in [9.17, 15) is 9.59 Å². The Hall–Kier alpha value is -0.940. The molecule has 0 aromatic carbocycles. The van der Waals surface area contributed by atoms with Gasteiger partial charge in [0.1, 0.15) is 6.29 Å². The van der Waals surface area contributed by atoms with Crippen LogP contribution in [0.4, 0.5) is 0 Å². The normalized spacial score (nSPS) is 20.8. The highest BCUT2D eigenvalue weighted by atomic mass is 16.7. The van der Waals surface area contributed by atoms with Crippen LogP contribution in [0.1, 0.15) is 51.9 Å². The molecule has 1 heterocycles. The fraction of sp³-hybridized carbons (Fsp3) is 0.857. The zero-order valence-electron chi connectivity index (χ0n) is 11.6. The Bertz CT molecular complexity index is 261. The van der Waals surface area contributed by atoms with Crippen LogP contribution < -0.4 is 0 Å². The molecule has 1 aliphatic heterocycles. The lowest BCUT2D eigenvalue weighted by atomic mass is 10.1. The summed E-state index contributed by atoms with van der Waals surface area (Å²) < 4.78 is 16.2. The average molecular weight is 272 g/mol. The van der Waals surface area contributed by atoms with Crippen molar-refractivity contribution in [3.8, 4) is 0 Å². The van der Waals surface area contributed by atoms with Crippen LogP contribution in [-0.2, 0) is 23.8 Å². The number of aldehydes is 1. The summed E-state index contributed by atoms with van der Waals surface area (Å²) in [6.07, 6.45) is 5.61. The lowest BCUT2D eigenvalue weighted by Gasteiger charge is -2.27. The van der Waals surface area contributed by atoms with E-state index in [-0.39, 0.29) is 18.4 Å². The van der Waals surface area contributed by atoms with Gasteiger partial charge in [0, 0.05) is 19.4 Å². The quantitative estimate of drug-likeness (QED) is 0.476. The van der Waals surface area contributed by atoms with E-state index >= 15 is 0 Å². The van der Waals surface area contributed by atoms with E-state index in [0.717, 1.165) is 32.2 Å². The Morgan fingerprint density at radius 3 is 2.89 bits per heavy atom. The van der Waals surface area contributed by atoms with Gasteiger partial charge in [0.05, 0.1) is 12.7 Å². The fourth-order valence-corrected chi connectivity index (χ4v) is 2.08. The van der Waals surface area contributed by atoms with Crippen LogP contribution in [0.15, 0.2) is 0 Å². The number of esters is 1. The van der Waals surface area contributed by atoms with E-state index < -0.39 is 0 Å². The van der Waals surface area contributed by atoms with Gasteiger partial charge in [-0.25, -0.2) is 0 Å². The van der Waals surface area contributed by atoms with Gasteiger partial charge in [0.25, 0.3) is 0 Å². The molecule has 0 aromatic rings. The number of hydrogen-bond donors (Lipinski definition) is 0. The Morgan fingerprint density at radius 1 is 1.42 bits per heavy atom. The molecule has 19 heavy (non-hydrogen) atoms. The summed E-state index contributed by atoms with van der Waals surface area (Å²) in [4.78, 5) is 21.8. The maximum atomic E-state index is 11.3. The zero-order chi connectivity index (χ0) is 13.9. The van der Waals surface area contributed by atoms with Gasteiger partial charge in [-0.3, -0.25) is 4.79 Å². The number of carbonyl (C=O) groups excluding carboxylic acids is 2. The molecule has 5 heteroatoms. The highest BCUT2D eigenvalue weighted by Crippen LogP contribution is 2.19. The Labute approximate surface area is 114 Å². The third kappa shape index (κ3) is 7.28. The predicted octanol–water partition coefficient (Wildman–Crippen LogP) is 2.22. The molecule has 1 rings (SSSR count). The van der Waals surface area contributed by atoms with E-state index in [1.807, 2.05) is 0 Å². The highest BCUT2D eigenvalue weighted by Gasteiger charge is 2.20. The van der Waals surface area contributed by atoms with Crippen molar-refractivity contribution in [2.24, 2.45) is 0 Å². The molecule has 2 atom stereocenters. The molecule has 0 radical (unpaired) electrons. The molecule has 0 saturated carbocycles. The third-order valence-electron chi connectivity index (χ3n) is 3.06. The van der Waals surface area contributed by atoms with E-state index in [2.05, 4.69) is 0 Å². The largest absolute Gasteiger partial charge is 0.466 e. The minimum atomic E-state index is -0.216. The first-order valence-electron chi connectivity index (χ1n) is 7.12. The number of carbonyl (C=O) groups is 2. The minimum absolute atomic E-state index is 0.113. The molecular formula is C14H24O5. The molecule has 0 bridgehead atoms. The average Bonchev–Trinajstić information content (AvgIpc) is 2.43. The van der Waals surface area contributed by atoms with Crippen molar-refractivity contribution >= 4 is 12.3 Å². The standard InChI is InChI=1S/C14H24O5/c1-2-17-13(16)9-8-12(6-5-10-15)19-14-7-3-4-11-18-14/h10,12,14H,2-9,11H2,1H3/t12?,14-/m1/s1. The lowest BCUT2D eigenvalue weighted by Crippen LogP contribution is -2.28. The number of ether oxygens (including phenoxy) is 3. The van der Waals surface area contributed by atoms with E-state index in [1.54, 1.807) is 6.92 Å². The second kappa shape index (κ2) is 9.92. The molecule has 5 nitrogen and oxygen atoms in total. The summed E-state index contributed by atoms with van der Waals surface area (Å²) >= 11 is 0. The fourth-order valence-electron chi connectivity index (χ4n) is 2.08. The molecule has 1 fully saturated rings. The molecule has 0 aliphatic carbocycles. The van der Waals surface area contributed by atoms with Crippen molar-refractivity contribution in [2.75, 3.05) is 13.2 Å². The van der Waals surface area contributed by atoms with Crippen molar-refractivity contribution < 1.29 is 23.8 Å². The van der Waals surface area contributed by atoms with Crippen LogP contribution in [0.5, 0.6) is 0 Å². The zero-order valence-corrected chi connectivity index (χ0v) is 11.6. The van der Waals surface area contributed by atoms with Gasteiger partial charge in [-0.2, -0.15) is 0 Å². The first-order valence-corrected chi connectivity index (χ1v) is 7.12. The smallest absolute Gasteiger partial charge is 0.305 e. The van der Waals surface area contributed by atoms with Crippen LogP contribution in [0.2, 0.25) is 0 Å². The van der Waals surface area contributed by atoms with E-state index in [1.165, 1.54) is 0 Å². The summed E-state index contributed by atoms with van der Waals surface area (Å²) in [5, 5.41) is 0. The number of rotatable bonds is 9. The van der Waals surface area contributed by atoms with Gasteiger partial charge in [-0.1, -0.05) is 0 Å². The molecule has 0 aromatic heterocycles. The second-order valence-corrected chi connectivity index (χ2v) is 4.64. The van der Waals surface area contributed by atoms with Crippen LogP contribution >= 0.6 is 0 Å². The van der Waals surface area contributed by atoms with Crippen molar-refractivity contribution in [1.82, 2.24) is 0 Å². The molecule has 0 amide bonds. The number of hydrogen-bond acceptors (Lipinski definition) is 5. The van der Waals surface area contributed by atoms with Crippen LogP contribution in [0, 0.1) is 0 Å². The van der Waals surface area contributed by atoms with Gasteiger partial charge in [-0.15, -0.1) is 0 Å². The van der Waals surface area contributed by atoms with Gasteiger partial charge < -0.3 is 19.0 Å². The van der Waals surface area contributed by atoms with Crippen molar-refractivity contribution in [1.29, 1.82) is 0 Å². The van der Waals surface area contributed by atoms with E-state index in [0.29, 0.717) is 32.3 Å². The van der Waals surface area contributed by atoms with Crippen LogP contribution in [0.25, 0.3) is 0 Å². The summed E-state index contributed by atoms with van der Waals surface area (Å²) in [6.45, 7) is 2.90. The highest BCUT2D eigenvalue weighted by molar-refractivity contribution is 5.69. The summed E-state index contributed by atoms with van der Waals surface area (Å²) in [5.41, 5.74) is 0. The Kier molecular flexibility index (Phi) is 8.41. The van der Waals surface area contributed by atoms with Gasteiger partial charge >= 0.3 is 5.97 Å². The van der Waals surface area contributed by atoms with Crippen molar-refractivity contribution in [3.05, 3.63) is 0 Å². The second-order valence-electron chi connectivity index (χ2n) is 4.64. The third-order valence-corrected chi connectivity index (χ3v) is 3.06. The molecule has 0 spiro atoms. The summed E-state index contributed by atoms with van der Waals surface area (Å²) in [5.74, 6) is -0.216. The molecule has 1 saturated heterocycles. The molecule has 1 aliphatic rings. The Balaban J connectivity index is 2.32. The summed E-state index contributed by atoms with van der Waals surface area (Å²) in [6, 6.07) is 0. The van der Waals surface area contributed by atoms with Crippen LogP contribution in [0.3, 0.4) is 0 Å². The minimum Gasteiger partial charge on any atom is -0.466 e. The SMILES string of the molecule is CCOC(=O)CCC(CCC=O)O[C@@H]1CCCCO1. The topological polar surface area (TPSA) is 61.8 Å². The van der Waals surface area contributed by atoms with Crippen molar-refractivity contribution in [3.63, 3.8) is 0 Å². The van der Waals surface area contributed by atoms with Gasteiger partial charge in [-0.05, 0) is 39.0 Å². The van der Waals surface area contributed by atoms with E-state index in [4.69, 9.17) is 14.2 Å². The van der Waals surface area contributed by atoms with Gasteiger partial charge in [0.15, 0.2) is 6.29 Å². The summed E-state index contributed by atoms with van der Waals surface area (Å²) in [7, 11) is 0. The molecule has 110 valence electrons. The lowest BCUT2D eigenvalue weighted by molar-refractivity contribution is -0.191. The van der Waals surface area contributed by atoms with Crippen LogP contribution in [-0.4, -0.2) is 37.9 Å². The monoisotopic (exact) mass is 272 g/mol. The first-order chi connectivity index (χ1) is 9.26. The first kappa shape index (κ1) is 16.1.